The Hall–Kier alpha value is -2.12. The summed E-state index contributed by atoms with van der Waals surface area (Å²) in [6.07, 6.45) is 0.549. The molecule has 2 fully saturated rings. The first-order valence-electron chi connectivity index (χ1n) is 9.14. The predicted octanol–water partition coefficient (Wildman–Crippen LogP) is 1.87. The maximum Gasteiger partial charge on any atom is 0.337 e. The van der Waals surface area contributed by atoms with Gasteiger partial charge in [-0.05, 0) is 31.2 Å². The van der Waals surface area contributed by atoms with Crippen molar-refractivity contribution in [2.24, 2.45) is 11.8 Å². The van der Waals surface area contributed by atoms with E-state index < -0.39 is 5.97 Å². The molecular formula is C19H24ClN3O4. The van der Waals surface area contributed by atoms with E-state index in [9.17, 15) is 14.4 Å². The number of esters is 1. The van der Waals surface area contributed by atoms with Gasteiger partial charge in [-0.3, -0.25) is 9.59 Å². The van der Waals surface area contributed by atoms with Crippen molar-refractivity contribution in [3.8, 4) is 0 Å². The molecule has 0 radical (unpaired) electrons. The molecule has 8 heteroatoms. The highest BCUT2D eigenvalue weighted by Gasteiger charge is 2.49. The lowest BCUT2D eigenvalue weighted by atomic mass is 10.2. The van der Waals surface area contributed by atoms with Gasteiger partial charge in [0.05, 0.1) is 35.2 Å². The van der Waals surface area contributed by atoms with Crippen LogP contribution in [0.25, 0.3) is 0 Å². The van der Waals surface area contributed by atoms with Crippen molar-refractivity contribution in [1.82, 2.24) is 9.80 Å². The highest BCUT2D eigenvalue weighted by molar-refractivity contribution is 6.34. The van der Waals surface area contributed by atoms with Gasteiger partial charge in [-0.2, -0.15) is 0 Å². The zero-order valence-corrected chi connectivity index (χ0v) is 16.3. The van der Waals surface area contributed by atoms with E-state index in [1.54, 1.807) is 0 Å². The number of ether oxygens (including phenoxy) is 1. The molecule has 1 saturated carbocycles. The van der Waals surface area contributed by atoms with Crippen LogP contribution in [-0.4, -0.2) is 67.4 Å². The van der Waals surface area contributed by atoms with Crippen LogP contribution in [-0.2, 0) is 14.3 Å². The van der Waals surface area contributed by atoms with E-state index in [-0.39, 0.29) is 23.7 Å². The molecule has 1 N–H and O–H groups in total. The summed E-state index contributed by atoms with van der Waals surface area (Å²) in [5.74, 6) is -1.31. The lowest BCUT2D eigenvalue weighted by molar-refractivity contribution is -0.135. The summed E-state index contributed by atoms with van der Waals surface area (Å²) in [6.45, 7) is 6.28. The summed E-state index contributed by atoms with van der Waals surface area (Å²) in [4.78, 5) is 40.9. The summed E-state index contributed by atoms with van der Waals surface area (Å²) in [5, 5.41) is 3.07. The molecule has 2 amide bonds. The van der Waals surface area contributed by atoms with Gasteiger partial charge in [0, 0.05) is 26.2 Å². The van der Waals surface area contributed by atoms with Gasteiger partial charge >= 0.3 is 5.97 Å². The van der Waals surface area contributed by atoms with Crippen LogP contribution >= 0.6 is 11.6 Å². The van der Waals surface area contributed by atoms with Gasteiger partial charge < -0.3 is 19.9 Å². The molecule has 3 rings (SSSR count). The molecular weight excluding hydrogens is 370 g/mol. The van der Waals surface area contributed by atoms with Crippen LogP contribution in [0.5, 0.6) is 0 Å². The molecule has 0 bridgehead atoms. The molecule has 1 aliphatic carbocycles. The second-order valence-electron chi connectivity index (χ2n) is 6.88. The zero-order chi connectivity index (χ0) is 19.6. The van der Waals surface area contributed by atoms with Crippen molar-refractivity contribution < 1.29 is 19.1 Å². The Morgan fingerprint density at radius 2 is 1.89 bits per heavy atom. The third-order valence-electron chi connectivity index (χ3n) is 5.22. The van der Waals surface area contributed by atoms with Gasteiger partial charge in [0.2, 0.25) is 11.8 Å². The van der Waals surface area contributed by atoms with Gasteiger partial charge in [0.1, 0.15) is 0 Å². The van der Waals surface area contributed by atoms with Crippen molar-refractivity contribution in [2.45, 2.75) is 13.3 Å². The molecule has 2 atom stereocenters. The van der Waals surface area contributed by atoms with Gasteiger partial charge in [-0.15, -0.1) is 0 Å². The largest absolute Gasteiger partial charge is 0.465 e. The molecule has 1 saturated heterocycles. The highest BCUT2D eigenvalue weighted by Crippen LogP contribution is 2.41. The summed E-state index contributed by atoms with van der Waals surface area (Å²) in [5.41, 5.74) is 0.647. The molecule has 27 heavy (non-hydrogen) atoms. The number of hydrogen-bond acceptors (Lipinski definition) is 5. The Kier molecular flexibility index (Phi) is 6.01. The molecule has 2 unspecified atom stereocenters. The minimum absolute atomic E-state index is 0.0558. The number of hydrogen-bond donors (Lipinski definition) is 1. The fourth-order valence-electron chi connectivity index (χ4n) is 3.37. The first-order valence-corrected chi connectivity index (χ1v) is 9.52. The van der Waals surface area contributed by atoms with E-state index in [0.29, 0.717) is 35.8 Å². The van der Waals surface area contributed by atoms with E-state index >= 15 is 0 Å². The summed E-state index contributed by atoms with van der Waals surface area (Å²) >= 11 is 6.11. The normalized spacial score (nSPS) is 22.3. The van der Waals surface area contributed by atoms with Crippen LogP contribution in [0.4, 0.5) is 5.69 Å². The number of benzene rings is 1. The van der Waals surface area contributed by atoms with E-state index in [4.69, 9.17) is 11.6 Å². The van der Waals surface area contributed by atoms with Crippen LogP contribution in [0.2, 0.25) is 5.02 Å². The molecule has 1 aromatic carbocycles. The second kappa shape index (κ2) is 8.27. The lowest BCUT2D eigenvalue weighted by Gasteiger charge is -2.34. The fraction of sp³-hybridized carbons (Fsp3) is 0.526. The number of nitrogens with zero attached hydrogens (tertiary/aromatic N) is 2. The number of methoxy groups -OCH3 is 1. The Bertz CT molecular complexity index is 746. The van der Waals surface area contributed by atoms with Crippen LogP contribution in [0.1, 0.15) is 23.7 Å². The van der Waals surface area contributed by atoms with Crippen LogP contribution in [0.15, 0.2) is 18.2 Å². The average molecular weight is 394 g/mol. The van der Waals surface area contributed by atoms with Gasteiger partial charge in [-0.25, -0.2) is 4.79 Å². The van der Waals surface area contributed by atoms with E-state index in [2.05, 4.69) is 21.9 Å². The standard InChI is InChI=1S/C19H24ClN3O4/c1-3-22-6-8-23(9-7-22)18(25)14-11-13(14)17(24)21-16-10-12(19(26)27-2)4-5-15(16)20/h4-5,10,13-14H,3,6-9,11H2,1-2H3,(H,21,24). The number of rotatable bonds is 5. The minimum atomic E-state index is -0.507. The lowest BCUT2D eigenvalue weighted by Crippen LogP contribution is -2.49. The van der Waals surface area contributed by atoms with Crippen molar-refractivity contribution >= 4 is 35.1 Å². The number of amides is 2. The van der Waals surface area contributed by atoms with Crippen molar-refractivity contribution in [1.29, 1.82) is 0 Å². The molecule has 1 aliphatic heterocycles. The maximum absolute atomic E-state index is 12.6. The molecule has 2 aliphatic rings. The zero-order valence-electron chi connectivity index (χ0n) is 15.5. The van der Waals surface area contributed by atoms with Gasteiger partial charge in [0.15, 0.2) is 0 Å². The number of nitrogens with one attached hydrogen (secondary N) is 1. The highest BCUT2D eigenvalue weighted by atomic mass is 35.5. The number of carbonyl (C=O) groups excluding carboxylic acids is 3. The third-order valence-corrected chi connectivity index (χ3v) is 5.55. The Balaban J connectivity index is 1.57. The Morgan fingerprint density at radius 3 is 2.52 bits per heavy atom. The summed E-state index contributed by atoms with van der Waals surface area (Å²) in [7, 11) is 1.29. The second-order valence-corrected chi connectivity index (χ2v) is 7.29. The molecule has 1 aromatic rings. The monoisotopic (exact) mass is 393 g/mol. The number of piperazine rings is 1. The SMILES string of the molecule is CCN1CCN(C(=O)C2CC2C(=O)Nc2cc(C(=O)OC)ccc2Cl)CC1. The van der Waals surface area contributed by atoms with Crippen molar-refractivity contribution in [3.05, 3.63) is 28.8 Å². The van der Waals surface area contributed by atoms with Crippen LogP contribution < -0.4 is 5.32 Å². The Morgan fingerprint density at radius 1 is 1.19 bits per heavy atom. The first-order chi connectivity index (χ1) is 12.9. The van der Waals surface area contributed by atoms with Crippen molar-refractivity contribution in [3.63, 3.8) is 0 Å². The summed E-state index contributed by atoms with van der Waals surface area (Å²) in [6, 6.07) is 4.55. The molecule has 0 aromatic heterocycles. The first kappa shape index (κ1) is 19.6. The topological polar surface area (TPSA) is 79.0 Å². The third kappa shape index (κ3) is 4.42. The number of halogens is 1. The van der Waals surface area contributed by atoms with Gasteiger partial charge in [0.25, 0.3) is 0 Å². The van der Waals surface area contributed by atoms with Crippen LogP contribution in [0, 0.1) is 11.8 Å². The maximum atomic E-state index is 12.6. The number of carbonyl (C=O) groups is 3. The molecule has 7 nitrogen and oxygen atoms in total. The molecule has 1 heterocycles. The molecule has 146 valence electrons. The van der Waals surface area contributed by atoms with E-state index in [1.807, 2.05) is 4.90 Å². The number of anilines is 1. The van der Waals surface area contributed by atoms with E-state index in [0.717, 1.165) is 19.6 Å². The number of likely N-dealkylation sites (N-methyl/N-ethyl adjacent to an activating group) is 1. The predicted molar refractivity (Wildman–Crippen MR) is 102 cm³/mol. The van der Waals surface area contributed by atoms with Gasteiger partial charge in [-0.1, -0.05) is 18.5 Å². The van der Waals surface area contributed by atoms with E-state index in [1.165, 1.54) is 25.3 Å². The van der Waals surface area contributed by atoms with Crippen molar-refractivity contribution in [2.75, 3.05) is 45.2 Å². The average Bonchev–Trinajstić information content (AvgIpc) is 3.49. The fourth-order valence-corrected chi connectivity index (χ4v) is 3.53. The smallest absolute Gasteiger partial charge is 0.337 e. The van der Waals surface area contributed by atoms with Crippen LogP contribution in [0.3, 0.4) is 0 Å². The quantitative estimate of drug-likeness (QED) is 0.772. The summed E-state index contributed by atoms with van der Waals surface area (Å²) < 4.78 is 4.68. The Labute approximate surface area is 163 Å². The molecule has 0 spiro atoms. The minimum Gasteiger partial charge on any atom is -0.465 e.